The number of halogens is 1. The highest BCUT2D eigenvalue weighted by atomic mass is 35.5. The summed E-state index contributed by atoms with van der Waals surface area (Å²) in [6, 6.07) is 11.9. The molecule has 1 heterocycles. The van der Waals surface area contributed by atoms with Gasteiger partial charge < -0.3 is 9.84 Å². The Labute approximate surface area is 162 Å². The van der Waals surface area contributed by atoms with E-state index in [1.165, 1.54) is 12.3 Å². The summed E-state index contributed by atoms with van der Waals surface area (Å²) in [6.07, 6.45) is 2.05. The molecular weight excluding hydrogens is 368 g/mol. The lowest BCUT2D eigenvalue weighted by Crippen LogP contribution is -2.41. The van der Waals surface area contributed by atoms with Crippen LogP contribution in [0.4, 0.5) is 0 Å². The van der Waals surface area contributed by atoms with Crippen molar-refractivity contribution in [3.8, 4) is 11.5 Å². The van der Waals surface area contributed by atoms with E-state index in [-0.39, 0.29) is 17.7 Å². The first-order valence-corrected chi connectivity index (χ1v) is 9.00. The van der Waals surface area contributed by atoms with E-state index in [9.17, 15) is 9.90 Å². The van der Waals surface area contributed by atoms with Gasteiger partial charge in [0.1, 0.15) is 6.04 Å². The molecule has 7 nitrogen and oxygen atoms in total. The second-order valence-electron chi connectivity index (χ2n) is 6.05. The van der Waals surface area contributed by atoms with Gasteiger partial charge in [-0.1, -0.05) is 29.8 Å². The van der Waals surface area contributed by atoms with Crippen LogP contribution in [0.25, 0.3) is 0 Å². The molecular formula is C19H21ClN4O3. The largest absolute Gasteiger partial charge is 0.504 e. The second-order valence-corrected chi connectivity index (χ2v) is 6.45. The molecule has 0 aromatic heterocycles. The number of carbonyl (C=O) groups is 1. The third kappa shape index (κ3) is 4.77. The SMILES string of the molecule is CCOc1cc(/C=N/NC(=O)C2CC(c3ccccc3Cl)NN2)ccc1O. The molecule has 0 bridgehead atoms. The quantitative estimate of drug-likeness (QED) is 0.450. The van der Waals surface area contributed by atoms with Gasteiger partial charge in [-0.25, -0.2) is 16.3 Å². The zero-order valence-electron chi connectivity index (χ0n) is 14.8. The smallest absolute Gasteiger partial charge is 0.258 e. The first-order chi connectivity index (χ1) is 13.1. The van der Waals surface area contributed by atoms with Crippen LogP contribution in [-0.2, 0) is 4.79 Å². The molecule has 0 aliphatic carbocycles. The van der Waals surface area contributed by atoms with Crippen molar-refractivity contribution < 1.29 is 14.6 Å². The molecule has 2 atom stereocenters. The van der Waals surface area contributed by atoms with Gasteiger partial charge in [0.25, 0.3) is 5.91 Å². The molecule has 1 aliphatic heterocycles. The Hall–Kier alpha value is -2.61. The Kier molecular flexibility index (Phi) is 6.28. The number of hydrazine groups is 1. The molecule has 142 valence electrons. The fraction of sp³-hybridized carbons (Fsp3) is 0.263. The van der Waals surface area contributed by atoms with E-state index in [4.69, 9.17) is 16.3 Å². The molecule has 1 aliphatic rings. The van der Waals surface area contributed by atoms with E-state index < -0.39 is 6.04 Å². The summed E-state index contributed by atoms with van der Waals surface area (Å²) >= 11 is 6.21. The second kappa shape index (κ2) is 8.85. The molecule has 4 N–H and O–H groups in total. The number of phenolic OH excluding ortho intramolecular Hbond substituents is 1. The van der Waals surface area contributed by atoms with Crippen molar-refractivity contribution in [2.75, 3.05) is 6.61 Å². The zero-order valence-corrected chi connectivity index (χ0v) is 15.5. The van der Waals surface area contributed by atoms with Gasteiger partial charge in [0.2, 0.25) is 0 Å². The average molecular weight is 389 g/mol. The first kappa shape index (κ1) is 19.2. The van der Waals surface area contributed by atoms with Crippen molar-refractivity contribution in [1.82, 2.24) is 16.3 Å². The van der Waals surface area contributed by atoms with E-state index in [0.29, 0.717) is 29.4 Å². The maximum Gasteiger partial charge on any atom is 0.258 e. The third-order valence-electron chi connectivity index (χ3n) is 4.17. The molecule has 1 saturated heterocycles. The van der Waals surface area contributed by atoms with Gasteiger partial charge >= 0.3 is 0 Å². The number of phenols is 1. The fourth-order valence-corrected chi connectivity index (χ4v) is 3.09. The molecule has 2 aromatic rings. The minimum Gasteiger partial charge on any atom is -0.504 e. The number of hydrogen-bond donors (Lipinski definition) is 4. The number of hydrogen-bond acceptors (Lipinski definition) is 6. The molecule has 8 heteroatoms. The van der Waals surface area contributed by atoms with Crippen molar-refractivity contribution in [2.24, 2.45) is 5.10 Å². The molecule has 1 amide bonds. The van der Waals surface area contributed by atoms with Gasteiger partial charge in [-0.05, 0) is 48.7 Å². The number of benzene rings is 2. The summed E-state index contributed by atoms with van der Waals surface area (Å²) in [5, 5.41) is 14.3. The lowest BCUT2D eigenvalue weighted by atomic mass is 10.0. The van der Waals surface area contributed by atoms with Crippen LogP contribution in [-0.4, -0.2) is 29.9 Å². The molecule has 0 spiro atoms. The van der Waals surface area contributed by atoms with Gasteiger partial charge in [0.05, 0.1) is 12.8 Å². The molecule has 27 heavy (non-hydrogen) atoms. The van der Waals surface area contributed by atoms with Crippen LogP contribution in [0.1, 0.15) is 30.5 Å². The summed E-state index contributed by atoms with van der Waals surface area (Å²) in [5.41, 5.74) is 10.2. The van der Waals surface area contributed by atoms with Crippen molar-refractivity contribution >= 4 is 23.7 Å². The van der Waals surface area contributed by atoms with Crippen molar-refractivity contribution in [3.05, 3.63) is 58.6 Å². The van der Waals surface area contributed by atoms with Crippen LogP contribution < -0.4 is 21.0 Å². The number of nitrogens with one attached hydrogen (secondary N) is 3. The van der Waals surface area contributed by atoms with Crippen molar-refractivity contribution in [2.45, 2.75) is 25.4 Å². The highest BCUT2D eigenvalue weighted by Crippen LogP contribution is 2.28. The fourth-order valence-electron chi connectivity index (χ4n) is 2.82. The van der Waals surface area contributed by atoms with Gasteiger partial charge in [-0.15, -0.1) is 0 Å². The Morgan fingerprint density at radius 3 is 2.96 bits per heavy atom. The predicted octanol–water partition coefficient (Wildman–Crippen LogP) is 2.50. The highest BCUT2D eigenvalue weighted by molar-refractivity contribution is 6.31. The number of amides is 1. The van der Waals surface area contributed by atoms with Crippen LogP contribution in [0, 0.1) is 0 Å². The van der Waals surface area contributed by atoms with E-state index in [1.807, 2.05) is 31.2 Å². The molecule has 2 aromatic carbocycles. The number of nitrogens with zero attached hydrogens (tertiary/aromatic N) is 1. The van der Waals surface area contributed by atoms with Gasteiger partial charge in [-0.3, -0.25) is 4.79 Å². The topological polar surface area (TPSA) is 95.0 Å². The lowest BCUT2D eigenvalue weighted by molar-refractivity contribution is -0.122. The van der Waals surface area contributed by atoms with E-state index in [2.05, 4.69) is 21.4 Å². The Balaban J connectivity index is 1.56. The molecule has 2 unspecified atom stereocenters. The summed E-state index contributed by atoms with van der Waals surface area (Å²) < 4.78 is 5.32. The average Bonchev–Trinajstić information content (AvgIpc) is 3.15. The maximum absolute atomic E-state index is 12.3. The third-order valence-corrected chi connectivity index (χ3v) is 4.52. The predicted molar refractivity (Wildman–Crippen MR) is 104 cm³/mol. The minimum absolute atomic E-state index is 0.0516. The Morgan fingerprint density at radius 1 is 1.37 bits per heavy atom. The summed E-state index contributed by atoms with van der Waals surface area (Å²) in [7, 11) is 0. The van der Waals surface area contributed by atoms with Crippen molar-refractivity contribution in [3.63, 3.8) is 0 Å². The normalized spacial score (nSPS) is 19.3. The van der Waals surface area contributed by atoms with E-state index in [0.717, 1.165) is 5.56 Å². The lowest BCUT2D eigenvalue weighted by Gasteiger charge is -2.11. The van der Waals surface area contributed by atoms with Gasteiger partial charge in [0, 0.05) is 11.1 Å². The molecule has 0 radical (unpaired) electrons. The maximum atomic E-state index is 12.3. The summed E-state index contributed by atoms with van der Waals surface area (Å²) in [6.45, 7) is 2.27. The van der Waals surface area contributed by atoms with Crippen LogP contribution >= 0.6 is 11.6 Å². The monoisotopic (exact) mass is 388 g/mol. The van der Waals surface area contributed by atoms with Gasteiger partial charge in [-0.2, -0.15) is 5.10 Å². The number of hydrazone groups is 1. The number of aromatic hydroxyl groups is 1. The molecule has 3 rings (SSSR count). The zero-order chi connectivity index (χ0) is 19.2. The van der Waals surface area contributed by atoms with Gasteiger partial charge in [0.15, 0.2) is 11.5 Å². The summed E-state index contributed by atoms with van der Waals surface area (Å²) in [4.78, 5) is 12.3. The number of carbonyl (C=O) groups excluding carboxylic acids is 1. The highest BCUT2D eigenvalue weighted by Gasteiger charge is 2.30. The standard InChI is InChI=1S/C19H21ClN4O3/c1-2-27-18-9-12(7-8-17(18)25)11-21-24-19(26)16-10-15(22-23-16)13-5-3-4-6-14(13)20/h3-9,11,15-16,22-23,25H,2,10H2,1H3,(H,24,26)/b21-11+. The van der Waals surface area contributed by atoms with E-state index in [1.54, 1.807) is 12.1 Å². The molecule has 1 fully saturated rings. The number of ether oxygens (including phenoxy) is 1. The summed E-state index contributed by atoms with van der Waals surface area (Å²) in [5.74, 6) is 0.180. The molecule has 0 saturated carbocycles. The van der Waals surface area contributed by atoms with E-state index >= 15 is 0 Å². The van der Waals surface area contributed by atoms with Crippen LogP contribution in [0.2, 0.25) is 5.02 Å². The first-order valence-electron chi connectivity index (χ1n) is 8.62. The Morgan fingerprint density at radius 2 is 2.19 bits per heavy atom. The minimum atomic E-state index is -0.428. The van der Waals surface area contributed by atoms with Crippen LogP contribution in [0.15, 0.2) is 47.6 Å². The Bertz CT molecular complexity index is 843. The van der Waals surface area contributed by atoms with Crippen molar-refractivity contribution in [1.29, 1.82) is 0 Å². The van der Waals surface area contributed by atoms with Crippen LogP contribution in [0.5, 0.6) is 11.5 Å². The number of rotatable bonds is 6. The van der Waals surface area contributed by atoms with Crippen LogP contribution in [0.3, 0.4) is 0 Å².